The molecule has 1 atom stereocenters. The highest BCUT2D eigenvalue weighted by molar-refractivity contribution is 5.84. The van der Waals surface area contributed by atoms with Gasteiger partial charge in [0.05, 0.1) is 5.41 Å². The second-order valence-electron chi connectivity index (χ2n) is 4.28. The number of carbonyl (C=O) groups is 1. The number of carbonyl (C=O) groups excluding carboxylic acids is 1. The van der Waals surface area contributed by atoms with E-state index in [0.717, 1.165) is 19.5 Å². The molecule has 70 valence electrons. The number of hydrogen-bond acceptors (Lipinski definition) is 2. The Morgan fingerprint density at radius 2 is 2.17 bits per heavy atom. The van der Waals surface area contributed by atoms with Crippen LogP contribution in [0.2, 0.25) is 0 Å². The second-order valence-corrected chi connectivity index (χ2v) is 4.28. The average molecular weight is 170 g/mol. The molecule has 3 nitrogen and oxygen atoms in total. The van der Waals surface area contributed by atoms with Crippen LogP contribution in [0.25, 0.3) is 0 Å². The van der Waals surface area contributed by atoms with Crippen LogP contribution in [0.15, 0.2) is 0 Å². The molecule has 1 rings (SSSR count). The summed E-state index contributed by atoms with van der Waals surface area (Å²) in [5, 5.41) is 0. The number of rotatable bonds is 2. The molecule has 1 aliphatic rings. The molecule has 3 heteroatoms. The molecule has 1 aliphatic heterocycles. The van der Waals surface area contributed by atoms with Gasteiger partial charge >= 0.3 is 0 Å². The van der Waals surface area contributed by atoms with Crippen LogP contribution in [0.1, 0.15) is 13.3 Å². The van der Waals surface area contributed by atoms with Crippen molar-refractivity contribution < 1.29 is 4.79 Å². The minimum Gasteiger partial charge on any atom is -0.345 e. The molecule has 0 bridgehead atoms. The van der Waals surface area contributed by atoms with Crippen LogP contribution in [0.4, 0.5) is 0 Å². The zero-order chi connectivity index (χ0) is 9.35. The summed E-state index contributed by atoms with van der Waals surface area (Å²) >= 11 is 0. The Hall–Kier alpha value is -0.570. The van der Waals surface area contributed by atoms with E-state index in [1.165, 1.54) is 0 Å². The first-order valence-electron chi connectivity index (χ1n) is 4.36. The number of hydrogen-bond donors (Lipinski definition) is 0. The normalized spacial score (nSPS) is 30.4. The molecule has 1 saturated heterocycles. The van der Waals surface area contributed by atoms with Crippen molar-refractivity contribution in [3.63, 3.8) is 0 Å². The molecular weight excluding hydrogens is 152 g/mol. The van der Waals surface area contributed by atoms with Crippen LogP contribution in [0, 0.1) is 5.41 Å². The Morgan fingerprint density at radius 1 is 1.58 bits per heavy atom. The summed E-state index contributed by atoms with van der Waals surface area (Å²) in [4.78, 5) is 15.6. The predicted molar refractivity (Wildman–Crippen MR) is 48.9 cm³/mol. The van der Waals surface area contributed by atoms with E-state index in [9.17, 15) is 4.79 Å². The Morgan fingerprint density at radius 3 is 2.50 bits per heavy atom. The summed E-state index contributed by atoms with van der Waals surface area (Å²) in [5.41, 5.74) is -0.141. The van der Waals surface area contributed by atoms with Gasteiger partial charge in [0.1, 0.15) is 0 Å². The van der Waals surface area contributed by atoms with Crippen molar-refractivity contribution in [2.24, 2.45) is 5.41 Å². The van der Waals surface area contributed by atoms with Gasteiger partial charge in [0.25, 0.3) is 0 Å². The topological polar surface area (TPSA) is 23.6 Å². The summed E-state index contributed by atoms with van der Waals surface area (Å²) in [6.07, 6.45) is 0.987. The smallest absolute Gasteiger partial charge is 0.229 e. The van der Waals surface area contributed by atoms with Crippen molar-refractivity contribution >= 4 is 5.91 Å². The first kappa shape index (κ1) is 9.52. The van der Waals surface area contributed by atoms with Crippen LogP contribution in [0.3, 0.4) is 0 Å². The summed E-state index contributed by atoms with van der Waals surface area (Å²) in [5.74, 6) is 0.288. The summed E-state index contributed by atoms with van der Waals surface area (Å²) in [7, 11) is 5.90. The van der Waals surface area contributed by atoms with Gasteiger partial charge in [-0.15, -0.1) is 0 Å². The Bertz CT molecular complexity index is 191. The third-order valence-corrected chi connectivity index (χ3v) is 2.53. The van der Waals surface area contributed by atoms with E-state index < -0.39 is 0 Å². The highest BCUT2D eigenvalue weighted by atomic mass is 16.2. The zero-order valence-electron chi connectivity index (χ0n) is 8.42. The average Bonchev–Trinajstić information content (AvgIpc) is 2.16. The van der Waals surface area contributed by atoms with E-state index in [4.69, 9.17) is 0 Å². The van der Waals surface area contributed by atoms with Crippen molar-refractivity contribution in [1.82, 2.24) is 9.80 Å². The van der Waals surface area contributed by atoms with Crippen LogP contribution >= 0.6 is 0 Å². The van der Waals surface area contributed by atoms with Crippen LogP contribution in [-0.4, -0.2) is 49.9 Å². The summed E-state index contributed by atoms with van der Waals surface area (Å²) in [6.45, 7) is 3.82. The predicted octanol–water partition coefficient (Wildman–Crippen LogP) is 0.416. The maximum absolute atomic E-state index is 11.7. The first-order chi connectivity index (χ1) is 5.46. The van der Waals surface area contributed by atoms with Crippen molar-refractivity contribution in [3.8, 4) is 0 Å². The third kappa shape index (κ3) is 1.61. The fourth-order valence-electron chi connectivity index (χ4n) is 1.93. The lowest BCUT2D eigenvalue weighted by Gasteiger charge is -2.25. The SMILES string of the molecule is CN(C)CC1(C)CCN(C)C1=O. The quantitative estimate of drug-likeness (QED) is 0.599. The molecule has 0 spiro atoms. The lowest BCUT2D eigenvalue weighted by Crippen LogP contribution is -2.38. The molecule has 12 heavy (non-hydrogen) atoms. The largest absolute Gasteiger partial charge is 0.345 e. The van der Waals surface area contributed by atoms with E-state index in [-0.39, 0.29) is 11.3 Å². The van der Waals surface area contributed by atoms with Gasteiger partial charge in [-0.1, -0.05) is 0 Å². The van der Waals surface area contributed by atoms with Gasteiger partial charge in [0.2, 0.25) is 5.91 Å². The van der Waals surface area contributed by atoms with Gasteiger partial charge in [-0.25, -0.2) is 0 Å². The minimum absolute atomic E-state index is 0.141. The molecule has 1 amide bonds. The standard InChI is InChI=1S/C9H18N2O/c1-9(7-10(2)3)5-6-11(4)8(9)12/h5-7H2,1-4H3. The van der Waals surface area contributed by atoms with Crippen LogP contribution < -0.4 is 0 Å². The second kappa shape index (κ2) is 3.05. The fraction of sp³-hybridized carbons (Fsp3) is 0.889. The minimum atomic E-state index is -0.141. The van der Waals surface area contributed by atoms with Gasteiger partial charge in [0, 0.05) is 20.1 Å². The van der Waals surface area contributed by atoms with Crippen LogP contribution in [0.5, 0.6) is 0 Å². The van der Waals surface area contributed by atoms with Crippen molar-refractivity contribution in [2.75, 3.05) is 34.2 Å². The number of nitrogens with zero attached hydrogens (tertiary/aromatic N) is 2. The van der Waals surface area contributed by atoms with Gasteiger partial charge < -0.3 is 9.80 Å². The molecule has 1 unspecified atom stereocenters. The van der Waals surface area contributed by atoms with Gasteiger partial charge in [-0.3, -0.25) is 4.79 Å². The lowest BCUT2D eigenvalue weighted by molar-refractivity contribution is -0.134. The molecule has 0 aromatic rings. The van der Waals surface area contributed by atoms with Crippen molar-refractivity contribution in [3.05, 3.63) is 0 Å². The van der Waals surface area contributed by atoms with E-state index >= 15 is 0 Å². The molecule has 1 fully saturated rings. The molecule has 0 radical (unpaired) electrons. The van der Waals surface area contributed by atoms with Crippen LogP contribution in [-0.2, 0) is 4.79 Å². The molecule has 0 saturated carbocycles. The Balaban J connectivity index is 2.66. The zero-order valence-corrected chi connectivity index (χ0v) is 8.42. The molecular formula is C9H18N2O. The van der Waals surface area contributed by atoms with Gasteiger partial charge in [-0.05, 0) is 27.4 Å². The molecule has 0 aromatic carbocycles. The monoisotopic (exact) mass is 170 g/mol. The molecule has 1 heterocycles. The molecule has 0 aliphatic carbocycles. The summed E-state index contributed by atoms with van der Waals surface area (Å²) < 4.78 is 0. The third-order valence-electron chi connectivity index (χ3n) is 2.53. The fourth-order valence-corrected chi connectivity index (χ4v) is 1.93. The van der Waals surface area contributed by atoms with Gasteiger partial charge in [-0.2, -0.15) is 0 Å². The van der Waals surface area contributed by atoms with E-state index in [0.29, 0.717) is 0 Å². The molecule has 0 aromatic heterocycles. The van der Waals surface area contributed by atoms with Gasteiger partial charge in [0.15, 0.2) is 0 Å². The summed E-state index contributed by atoms with van der Waals surface area (Å²) in [6, 6.07) is 0. The Labute approximate surface area is 74.3 Å². The van der Waals surface area contributed by atoms with E-state index in [2.05, 4.69) is 11.8 Å². The lowest BCUT2D eigenvalue weighted by atomic mass is 9.88. The van der Waals surface area contributed by atoms with Crippen molar-refractivity contribution in [1.29, 1.82) is 0 Å². The number of amides is 1. The highest BCUT2D eigenvalue weighted by Crippen LogP contribution is 2.30. The maximum Gasteiger partial charge on any atom is 0.229 e. The first-order valence-corrected chi connectivity index (χ1v) is 4.36. The Kier molecular flexibility index (Phi) is 2.42. The maximum atomic E-state index is 11.7. The highest BCUT2D eigenvalue weighted by Gasteiger charge is 2.41. The van der Waals surface area contributed by atoms with Crippen molar-refractivity contribution in [2.45, 2.75) is 13.3 Å². The molecule has 0 N–H and O–H groups in total. The van der Waals surface area contributed by atoms with E-state index in [1.807, 2.05) is 26.0 Å². The number of likely N-dealkylation sites (tertiary alicyclic amines) is 1. The van der Waals surface area contributed by atoms with E-state index in [1.54, 1.807) is 0 Å².